The summed E-state index contributed by atoms with van der Waals surface area (Å²) in [5, 5.41) is 3.17. The molecule has 1 aromatic carbocycles. The van der Waals surface area contributed by atoms with Gasteiger partial charge in [0, 0.05) is 25.6 Å². The molecule has 1 heterocycles. The van der Waals surface area contributed by atoms with E-state index in [0.29, 0.717) is 19.1 Å². The first-order valence-electron chi connectivity index (χ1n) is 8.88. The molecule has 1 amide bonds. The molecule has 4 nitrogen and oxygen atoms in total. The molecule has 1 aliphatic rings. The Balaban J connectivity index is 1.57. The third kappa shape index (κ3) is 6.61. The summed E-state index contributed by atoms with van der Waals surface area (Å²) in [7, 11) is 0. The first-order chi connectivity index (χ1) is 11.2. The summed E-state index contributed by atoms with van der Waals surface area (Å²) in [6.07, 6.45) is 4.66. The van der Waals surface area contributed by atoms with E-state index in [1.54, 1.807) is 0 Å². The average Bonchev–Trinajstić information content (AvgIpc) is 2.54. The van der Waals surface area contributed by atoms with E-state index in [9.17, 15) is 4.79 Å². The Labute approximate surface area is 140 Å². The van der Waals surface area contributed by atoms with E-state index < -0.39 is 0 Å². The van der Waals surface area contributed by atoms with Crippen LogP contribution in [0.15, 0.2) is 24.3 Å². The van der Waals surface area contributed by atoms with Gasteiger partial charge in [0.05, 0.1) is 6.61 Å². The number of carbonyl (C=O) groups excluding carboxylic acids is 1. The molecule has 0 aliphatic carbocycles. The van der Waals surface area contributed by atoms with Gasteiger partial charge < -0.3 is 15.0 Å². The van der Waals surface area contributed by atoms with Crippen LogP contribution in [-0.4, -0.2) is 43.1 Å². The van der Waals surface area contributed by atoms with E-state index in [2.05, 4.69) is 17.1 Å². The number of likely N-dealkylation sites (tertiary alicyclic amines) is 1. The van der Waals surface area contributed by atoms with Crippen molar-refractivity contribution < 1.29 is 9.53 Å². The lowest BCUT2D eigenvalue weighted by Gasteiger charge is -2.32. The van der Waals surface area contributed by atoms with Crippen LogP contribution in [0, 0.1) is 6.92 Å². The van der Waals surface area contributed by atoms with Gasteiger partial charge in [0.1, 0.15) is 5.75 Å². The number of ether oxygens (including phenoxy) is 1. The van der Waals surface area contributed by atoms with E-state index >= 15 is 0 Å². The monoisotopic (exact) mass is 318 g/mol. The number of carbonyl (C=O) groups is 1. The lowest BCUT2D eigenvalue weighted by atomic mass is 10.0. The largest absolute Gasteiger partial charge is 0.494 e. The van der Waals surface area contributed by atoms with Crippen molar-refractivity contribution in [2.24, 2.45) is 0 Å². The minimum Gasteiger partial charge on any atom is -0.494 e. The summed E-state index contributed by atoms with van der Waals surface area (Å²) < 4.78 is 5.68. The van der Waals surface area contributed by atoms with Gasteiger partial charge in [-0.05, 0) is 56.8 Å². The fourth-order valence-corrected chi connectivity index (χ4v) is 3.04. The summed E-state index contributed by atoms with van der Waals surface area (Å²) in [5.41, 5.74) is 1.19. The quantitative estimate of drug-likeness (QED) is 0.749. The number of hydrogen-bond acceptors (Lipinski definition) is 3. The SMILES string of the molecule is CCCN1CCC(NC(=O)CCCOc2cccc(C)c2)CC1. The summed E-state index contributed by atoms with van der Waals surface area (Å²) in [4.78, 5) is 14.5. The van der Waals surface area contributed by atoms with Crippen molar-refractivity contribution in [3.8, 4) is 5.75 Å². The van der Waals surface area contributed by atoms with Crippen LogP contribution in [-0.2, 0) is 4.79 Å². The van der Waals surface area contributed by atoms with Crippen LogP contribution in [0.25, 0.3) is 0 Å². The van der Waals surface area contributed by atoms with E-state index in [0.717, 1.165) is 38.1 Å². The van der Waals surface area contributed by atoms with E-state index in [1.807, 2.05) is 31.2 Å². The van der Waals surface area contributed by atoms with Gasteiger partial charge in [0.15, 0.2) is 0 Å². The highest BCUT2D eigenvalue weighted by Gasteiger charge is 2.19. The van der Waals surface area contributed by atoms with Crippen LogP contribution in [0.4, 0.5) is 0 Å². The first kappa shape index (κ1) is 17.8. The lowest BCUT2D eigenvalue weighted by molar-refractivity contribution is -0.122. The fourth-order valence-electron chi connectivity index (χ4n) is 3.04. The maximum Gasteiger partial charge on any atom is 0.220 e. The number of benzene rings is 1. The van der Waals surface area contributed by atoms with Crippen molar-refractivity contribution in [3.63, 3.8) is 0 Å². The van der Waals surface area contributed by atoms with Gasteiger partial charge in [-0.3, -0.25) is 4.79 Å². The zero-order valence-corrected chi connectivity index (χ0v) is 14.5. The number of aryl methyl sites for hydroxylation is 1. The predicted molar refractivity (Wildman–Crippen MR) is 93.8 cm³/mol. The molecule has 128 valence electrons. The zero-order chi connectivity index (χ0) is 16.5. The number of rotatable bonds is 8. The smallest absolute Gasteiger partial charge is 0.220 e. The van der Waals surface area contributed by atoms with Crippen LogP contribution >= 0.6 is 0 Å². The molecule has 0 saturated carbocycles. The number of nitrogens with zero attached hydrogens (tertiary/aromatic N) is 1. The Morgan fingerprint density at radius 1 is 1.35 bits per heavy atom. The second-order valence-corrected chi connectivity index (χ2v) is 6.45. The third-order valence-corrected chi connectivity index (χ3v) is 4.30. The van der Waals surface area contributed by atoms with Crippen molar-refractivity contribution in [2.45, 2.75) is 52.0 Å². The zero-order valence-electron chi connectivity index (χ0n) is 14.5. The topological polar surface area (TPSA) is 41.6 Å². The fraction of sp³-hybridized carbons (Fsp3) is 0.632. The molecular formula is C19H30N2O2. The average molecular weight is 318 g/mol. The molecule has 1 aliphatic heterocycles. The van der Waals surface area contributed by atoms with Crippen LogP contribution in [0.1, 0.15) is 44.6 Å². The summed E-state index contributed by atoms with van der Waals surface area (Å²) in [5.74, 6) is 1.04. The maximum atomic E-state index is 12.0. The Morgan fingerprint density at radius 3 is 2.83 bits per heavy atom. The van der Waals surface area contributed by atoms with Gasteiger partial charge in [0.2, 0.25) is 5.91 Å². The number of hydrogen-bond donors (Lipinski definition) is 1. The second-order valence-electron chi connectivity index (χ2n) is 6.45. The minimum atomic E-state index is 0.159. The number of amides is 1. The van der Waals surface area contributed by atoms with E-state index in [-0.39, 0.29) is 5.91 Å². The van der Waals surface area contributed by atoms with E-state index in [4.69, 9.17) is 4.74 Å². The van der Waals surface area contributed by atoms with Crippen molar-refractivity contribution in [3.05, 3.63) is 29.8 Å². The Bertz CT molecular complexity index is 482. The van der Waals surface area contributed by atoms with Gasteiger partial charge in [0.25, 0.3) is 0 Å². The van der Waals surface area contributed by atoms with Crippen LogP contribution in [0.2, 0.25) is 0 Å². The van der Waals surface area contributed by atoms with Crippen molar-refractivity contribution >= 4 is 5.91 Å². The van der Waals surface area contributed by atoms with Crippen LogP contribution in [0.3, 0.4) is 0 Å². The molecule has 23 heavy (non-hydrogen) atoms. The molecule has 0 radical (unpaired) electrons. The highest BCUT2D eigenvalue weighted by Crippen LogP contribution is 2.13. The Hall–Kier alpha value is -1.55. The second kappa shape index (κ2) is 9.56. The molecule has 1 N–H and O–H groups in total. The maximum absolute atomic E-state index is 12.0. The van der Waals surface area contributed by atoms with E-state index in [1.165, 1.54) is 18.5 Å². The minimum absolute atomic E-state index is 0.159. The molecular weight excluding hydrogens is 288 g/mol. The summed E-state index contributed by atoms with van der Waals surface area (Å²) in [6.45, 7) is 8.24. The molecule has 2 rings (SSSR count). The Morgan fingerprint density at radius 2 is 2.13 bits per heavy atom. The van der Waals surface area contributed by atoms with Gasteiger partial charge in [-0.1, -0.05) is 19.1 Å². The van der Waals surface area contributed by atoms with Crippen molar-refractivity contribution in [1.82, 2.24) is 10.2 Å². The number of piperidine rings is 1. The molecule has 0 unspecified atom stereocenters. The predicted octanol–water partition coefficient (Wildman–Crippen LogP) is 3.14. The highest BCUT2D eigenvalue weighted by molar-refractivity contribution is 5.76. The standard InChI is InChI=1S/C19H30N2O2/c1-3-11-21-12-9-17(10-13-21)20-19(22)8-5-14-23-18-7-4-6-16(2)15-18/h4,6-7,15,17H,3,5,8-14H2,1-2H3,(H,20,22). The van der Waals surface area contributed by atoms with Crippen molar-refractivity contribution in [2.75, 3.05) is 26.2 Å². The Kier molecular flexibility index (Phi) is 7.40. The number of nitrogens with one attached hydrogen (secondary N) is 1. The molecule has 1 fully saturated rings. The molecule has 4 heteroatoms. The van der Waals surface area contributed by atoms with Gasteiger partial charge in [-0.25, -0.2) is 0 Å². The van der Waals surface area contributed by atoms with Crippen molar-refractivity contribution in [1.29, 1.82) is 0 Å². The molecule has 0 spiro atoms. The van der Waals surface area contributed by atoms with Gasteiger partial charge >= 0.3 is 0 Å². The molecule has 0 atom stereocenters. The molecule has 0 bridgehead atoms. The van der Waals surface area contributed by atoms with Gasteiger partial charge in [-0.2, -0.15) is 0 Å². The van der Waals surface area contributed by atoms with Crippen LogP contribution < -0.4 is 10.1 Å². The third-order valence-electron chi connectivity index (χ3n) is 4.30. The molecule has 0 aromatic heterocycles. The summed E-state index contributed by atoms with van der Waals surface area (Å²) in [6, 6.07) is 8.36. The lowest BCUT2D eigenvalue weighted by Crippen LogP contribution is -2.44. The highest BCUT2D eigenvalue weighted by atomic mass is 16.5. The molecule has 1 aromatic rings. The molecule has 1 saturated heterocycles. The van der Waals surface area contributed by atoms with Crippen LogP contribution in [0.5, 0.6) is 5.75 Å². The summed E-state index contributed by atoms with van der Waals surface area (Å²) >= 11 is 0. The van der Waals surface area contributed by atoms with Gasteiger partial charge in [-0.15, -0.1) is 0 Å². The normalized spacial score (nSPS) is 16.3. The first-order valence-corrected chi connectivity index (χ1v) is 8.88.